The van der Waals surface area contributed by atoms with Crippen molar-refractivity contribution >= 4 is 49.6 Å². The molecule has 0 saturated carbocycles. The van der Waals surface area contributed by atoms with Crippen molar-refractivity contribution in [2.75, 3.05) is 10.0 Å². The van der Waals surface area contributed by atoms with Crippen molar-refractivity contribution in [3.8, 4) is 0 Å². The second-order valence-electron chi connectivity index (χ2n) is 6.64. The molecule has 0 saturated heterocycles. The molecule has 4 aromatic rings. The summed E-state index contributed by atoms with van der Waals surface area (Å²) in [7, 11) is -3.66. The van der Waals surface area contributed by atoms with Crippen molar-refractivity contribution in [3.05, 3.63) is 89.6 Å². The maximum absolute atomic E-state index is 12.6. The second kappa shape index (κ2) is 7.73. The van der Waals surface area contributed by atoms with Crippen LogP contribution in [-0.2, 0) is 10.0 Å². The minimum atomic E-state index is -3.66. The maximum atomic E-state index is 12.6. The lowest BCUT2D eigenvalue weighted by Crippen LogP contribution is -2.12. The number of anilines is 3. The van der Waals surface area contributed by atoms with E-state index in [1.807, 2.05) is 37.3 Å². The lowest BCUT2D eigenvalue weighted by Gasteiger charge is -2.11. The van der Waals surface area contributed by atoms with Crippen molar-refractivity contribution in [1.29, 1.82) is 0 Å². The summed E-state index contributed by atoms with van der Waals surface area (Å²) in [5, 5.41) is 4.85. The monoisotopic (exact) mass is 423 g/mol. The van der Waals surface area contributed by atoms with Gasteiger partial charge in [-0.15, -0.1) is 0 Å². The van der Waals surface area contributed by atoms with E-state index < -0.39 is 10.0 Å². The SMILES string of the molecule is Cc1ccc(NS(=O)(=O)c2ccc(Nc3ccnc4cc(Cl)ccc34)cc2)cc1. The van der Waals surface area contributed by atoms with Crippen LogP contribution in [0.1, 0.15) is 5.56 Å². The molecule has 146 valence electrons. The van der Waals surface area contributed by atoms with Crippen LogP contribution in [0.15, 0.2) is 83.9 Å². The van der Waals surface area contributed by atoms with Crippen molar-refractivity contribution in [2.45, 2.75) is 11.8 Å². The first-order valence-corrected chi connectivity index (χ1v) is 10.8. The fourth-order valence-electron chi connectivity index (χ4n) is 2.94. The molecule has 4 rings (SSSR count). The van der Waals surface area contributed by atoms with Crippen LogP contribution in [0.5, 0.6) is 0 Å². The fraction of sp³-hybridized carbons (Fsp3) is 0.0455. The van der Waals surface area contributed by atoms with Crippen LogP contribution in [0.25, 0.3) is 10.9 Å². The van der Waals surface area contributed by atoms with Gasteiger partial charge in [-0.05, 0) is 67.6 Å². The topological polar surface area (TPSA) is 71.1 Å². The second-order valence-corrected chi connectivity index (χ2v) is 8.76. The Kier molecular flexibility index (Phi) is 5.13. The van der Waals surface area contributed by atoms with Gasteiger partial charge in [0.1, 0.15) is 0 Å². The van der Waals surface area contributed by atoms with Crippen molar-refractivity contribution in [3.63, 3.8) is 0 Å². The average molecular weight is 424 g/mol. The first-order valence-electron chi connectivity index (χ1n) is 8.92. The van der Waals surface area contributed by atoms with E-state index in [1.54, 1.807) is 48.7 Å². The summed E-state index contributed by atoms with van der Waals surface area (Å²) in [5.74, 6) is 0. The Morgan fingerprint density at radius 1 is 0.862 bits per heavy atom. The van der Waals surface area contributed by atoms with Gasteiger partial charge in [-0.25, -0.2) is 8.42 Å². The molecule has 0 aliphatic heterocycles. The number of rotatable bonds is 5. The number of hydrogen-bond donors (Lipinski definition) is 2. The van der Waals surface area contributed by atoms with E-state index >= 15 is 0 Å². The normalized spacial score (nSPS) is 11.4. The molecule has 29 heavy (non-hydrogen) atoms. The minimum absolute atomic E-state index is 0.190. The van der Waals surface area contributed by atoms with Crippen LogP contribution in [0, 0.1) is 6.92 Å². The molecule has 5 nitrogen and oxygen atoms in total. The highest BCUT2D eigenvalue weighted by Gasteiger charge is 2.14. The van der Waals surface area contributed by atoms with Gasteiger partial charge < -0.3 is 5.32 Å². The van der Waals surface area contributed by atoms with Crippen LogP contribution < -0.4 is 10.0 Å². The van der Waals surface area contributed by atoms with Crippen LogP contribution in [0.3, 0.4) is 0 Å². The molecule has 3 aromatic carbocycles. The molecule has 0 amide bonds. The van der Waals surface area contributed by atoms with Gasteiger partial charge in [0.05, 0.1) is 10.4 Å². The zero-order valence-electron chi connectivity index (χ0n) is 15.6. The Bertz CT molecular complexity index is 1270. The standard InChI is InChI=1S/C22H18ClN3O2S/c1-15-2-5-18(6-3-15)26-29(27,28)19-9-7-17(8-10-19)25-21-12-13-24-22-14-16(23)4-11-20(21)22/h2-14,26H,1H3,(H,24,25). The van der Waals surface area contributed by atoms with E-state index in [2.05, 4.69) is 15.0 Å². The molecule has 7 heteroatoms. The van der Waals surface area contributed by atoms with E-state index in [0.717, 1.165) is 27.8 Å². The molecule has 0 fully saturated rings. The van der Waals surface area contributed by atoms with E-state index in [1.165, 1.54) is 0 Å². The molecule has 1 aromatic heterocycles. The van der Waals surface area contributed by atoms with Crippen LogP contribution in [-0.4, -0.2) is 13.4 Å². The molecule has 2 N–H and O–H groups in total. The van der Waals surface area contributed by atoms with Gasteiger partial charge >= 0.3 is 0 Å². The van der Waals surface area contributed by atoms with Crippen LogP contribution in [0.2, 0.25) is 5.02 Å². The van der Waals surface area contributed by atoms with Gasteiger partial charge in [-0.1, -0.05) is 29.3 Å². The van der Waals surface area contributed by atoms with Gasteiger partial charge in [0.2, 0.25) is 0 Å². The van der Waals surface area contributed by atoms with E-state index in [-0.39, 0.29) is 4.90 Å². The van der Waals surface area contributed by atoms with E-state index in [9.17, 15) is 8.42 Å². The molecular formula is C22H18ClN3O2S. The van der Waals surface area contributed by atoms with Crippen LogP contribution >= 0.6 is 11.6 Å². The third-order valence-corrected chi connectivity index (χ3v) is 6.08. The number of halogens is 1. The number of benzene rings is 3. The molecule has 0 spiro atoms. The Morgan fingerprint density at radius 2 is 1.55 bits per heavy atom. The Morgan fingerprint density at radius 3 is 2.28 bits per heavy atom. The summed E-state index contributed by atoms with van der Waals surface area (Å²) in [6.45, 7) is 1.95. The first-order chi connectivity index (χ1) is 13.9. The number of nitrogens with one attached hydrogen (secondary N) is 2. The maximum Gasteiger partial charge on any atom is 0.261 e. The third kappa shape index (κ3) is 4.34. The van der Waals surface area contributed by atoms with Gasteiger partial charge in [0, 0.05) is 33.7 Å². The van der Waals surface area contributed by atoms with Gasteiger partial charge in [-0.3, -0.25) is 9.71 Å². The Balaban J connectivity index is 1.56. The molecule has 0 bridgehead atoms. The lowest BCUT2D eigenvalue weighted by atomic mass is 10.2. The number of nitrogens with zero attached hydrogens (tertiary/aromatic N) is 1. The summed E-state index contributed by atoms with van der Waals surface area (Å²) < 4.78 is 27.8. The van der Waals surface area contributed by atoms with Gasteiger partial charge in [-0.2, -0.15) is 0 Å². The molecule has 0 radical (unpaired) electrons. The predicted molar refractivity (Wildman–Crippen MR) is 118 cm³/mol. The summed E-state index contributed by atoms with van der Waals surface area (Å²) in [5.41, 5.74) is 4.00. The third-order valence-electron chi connectivity index (χ3n) is 4.45. The van der Waals surface area contributed by atoms with Gasteiger partial charge in [0.25, 0.3) is 10.0 Å². The molecule has 0 aliphatic carbocycles. The Hall–Kier alpha value is -3.09. The zero-order valence-corrected chi connectivity index (χ0v) is 17.1. The quantitative estimate of drug-likeness (QED) is 0.429. The number of hydrogen-bond acceptors (Lipinski definition) is 4. The highest BCUT2D eigenvalue weighted by molar-refractivity contribution is 7.92. The summed E-state index contributed by atoms with van der Waals surface area (Å²) in [4.78, 5) is 4.51. The van der Waals surface area contributed by atoms with Crippen molar-refractivity contribution in [1.82, 2.24) is 4.98 Å². The van der Waals surface area contributed by atoms with Crippen molar-refractivity contribution < 1.29 is 8.42 Å². The number of sulfonamides is 1. The first kappa shape index (κ1) is 19.2. The summed E-state index contributed by atoms with van der Waals surface area (Å²) >= 11 is 6.03. The molecular weight excluding hydrogens is 406 g/mol. The Labute approximate surface area is 174 Å². The molecule has 0 unspecified atom stereocenters. The van der Waals surface area contributed by atoms with Gasteiger partial charge in [0.15, 0.2) is 0 Å². The van der Waals surface area contributed by atoms with Crippen LogP contribution in [0.4, 0.5) is 17.1 Å². The smallest absolute Gasteiger partial charge is 0.261 e. The number of pyridine rings is 1. The largest absolute Gasteiger partial charge is 0.355 e. The molecule has 0 atom stereocenters. The highest BCUT2D eigenvalue weighted by atomic mass is 35.5. The predicted octanol–water partition coefficient (Wildman–Crippen LogP) is 5.74. The highest BCUT2D eigenvalue weighted by Crippen LogP contribution is 2.28. The number of aromatic nitrogens is 1. The minimum Gasteiger partial charge on any atom is -0.355 e. The van der Waals surface area contributed by atoms with Crippen molar-refractivity contribution in [2.24, 2.45) is 0 Å². The fourth-order valence-corrected chi connectivity index (χ4v) is 4.16. The van der Waals surface area contributed by atoms with E-state index in [4.69, 9.17) is 11.6 Å². The number of fused-ring (bicyclic) bond motifs is 1. The summed E-state index contributed by atoms with van der Waals surface area (Å²) in [6.07, 6.45) is 1.70. The number of aryl methyl sites for hydroxylation is 1. The zero-order chi connectivity index (χ0) is 20.4. The lowest BCUT2D eigenvalue weighted by molar-refractivity contribution is 0.601. The summed E-state index contributed by atoms with van der Waals surface area (Å²) in [6, 6.07) is 21.2. The molecule has 1 heterocycles. The average Bonchev–Trinajstić information content (AvgIpc) is 2.70. The molecule has 0 aliphatic rings. The van der Waals surface area contributed by atoms with E-state index in [0.29, 0.717) is 10.7 Å².